The Hall–Kier alpha value is -3.36. The first kappa shape index (κ1) is 19.0. The predicted octanol–water partition coefficient (Wildman–Crippen LogP) is 5.48. The summed E-state index contributed by atoms with van der Waals surface area (Å²) in [6, 6.07) is 14.4. The minimum atomic E-state index is -0.640. The molecule has 0 aliphatic rings. The number of amides is 1. The molecule has 0 aliphatic heterocycles. The van der Waals surface area contributed by atoms with E-state index in [2.05, 4.69) is 10.3 Å². The summed E-state index contributed by atoms with van der Waals surface area (Å²) in [4.78, 5) is 28.5. The number of hydrogen-bond donors (Lipinski definition) is 1. The molecule has 5 nitrogen and oxygen atoms in total. The van der Waals surface area contributed by atoms with E-state index in [0.717, 1.165) is 0 Å². The molecule has 0 saturated heterocycles. The van der Waals surface area contributed by atoms with E-state index in [1.807, 2.05) is 5.38 Å². The standard InChI is InChI=1S/C21H13FN2O3S2/c22-17-4-2-1-3-16(17)20-24-18(12-29-20)21(26)27-15-7-5-14(6-8-15)23-19(25)13-9-10-28-11-13/h1-12H,(H,23,25). The van der Waals surface area contributed by atoms with Gasteiger partial charge in [0.1, 0.15) is 16.6 Å². The quantitative estimate of drug-likeness (QED) is 0.340. The fourth-order valence-corrected chi connectivity index (χ4v) is 3.94. The molecule has 0 bridgehead atoms. The van der Waals surface area contributed by atoms with Crippen LogP contribution in [-0.4, -0.2) is 16.9 Å². The van der Waals surface area contributed by atoms with Gasteiger partial charge in [0, 0.05) is 22.0 Å². The van der Waals surface area contributed by atoms with Gasteiger partial charge in [-0.05, 0) is 47.8 Å². The fraction of sp³-hybridized carbons (Fsp3) is 0. The zero-order valence-electron chi connectivity index (χ0n) is 14.8. The van der Waals surface area contributed by atoms with Gasteiger partial charge < -0.3 is 10.1 Å². The average molecular weight is 424 g/mol. The number of rotatable bonds is 5. The van der Waals surface area contributed by atoms with Gasteiger partial charge in [-0.1, -0.05) is 12.1 Å². The van der Waals surface area contributed by atoms with E-state index in [-0.39, 0.29) is 11.6 Å². The van der Waals surface area contributed by atoms with Gasteiger partial charge in [-0.2, -0.15) is 11.3 Å². The summed E-state index contributed by atoms with van der Waals surface area (Å²) in [6.45, 7) is 0. The maximum Gasteiger partial charge on any atom is 0.363 e. The first-order valence-corrected chi connectivity index (χ1v) is 10.3. The zero-order chi connectivity index (χ0) is 20.2. The number of carbonyl (C=O) groups is 2. The van der Waals surface area contributed by atoms with Crippen LogP contribution in [0.3, 0.4) is 0 Å². The number of carbonyl (C=O) groups excluding carboxylic acids is 2. The fourth-order valence-electron chi connectivity index (χ4n) is 2.49. The number of halogens is 1. The number of ether oxygens (including phenoxy) is 1. The first-order chi connectivity index (χ1) is 14.1. The zero-order valence-corrected chi connectivity index (χ0v) is 16.4. The van der Waals surface area contributed by atoms with Crippen molar-refractivity contribution >= 4 is 40.2 Å². The van der Waals surface area contributed by atoms with Crippen molar-refractivity contribution in [3.05, 3.63) is 87.8 Å². The van der Waals surface area contributed by atoms with Crippen LogP contribution >= 0.6 is 22.7 Å². The van der Waals surface area contributed by atoms with Gasteiger partial charge in [0.15, 0.2) is 5.69 Å². The molecular weight excluding hydrogens is 411 g/mol. The lowest BCUT2D eigenvalue weighted by Gasteiger charge is -2.06. The number of thiophene rings is 1. The number of esters is 1. The summed E-state index contributed by atoms with van der Waals surface area (Å²) in [5.41, 5.74) is 1.60. The van der Waals surface area contributed by atoms with Crippen molar-refractivity contribution in [2.75, 3.05) is 5.32 Å². The van der Waals surface area contributed by atoms with Crippen molar-refractivity contribution in [3.8, 4) is 16.3 Å². The highest BCUT2D eigenvalue weighted by Crippen LogP contribution is 2.27. The number of nitrogens with one attached hydrogen (secondary N) is 1. The number of anilines is 1. The molecule has 2 heterocycles. The Morgan fingerprint density at radius 2 is 1.79 bits per heavy atom. The van der Waals surface area contributed by atoms with Crippen molar-refractivity contribution in [2.24, 2.45) is 0 Å². The van der Waals surface area contributed by atoms with Crippen LogP contribution < -0.4 is 10.1 Å². The summed E-state index contributed by atoms with van der Waals surface area (Å²) in [6.07, 6.45) is 0. The normalized spacial score (nSPS) is 10.5. The molecule has 144 valence electrons. The van der Waals surface area contributed by atoms with Gasteiger partial charge in [0.25, 0.3) is 5.91 Å². The maximum atomic E-state index is 13.9. The first-order valence-electron chi connectivity index (χ1n) is 8.46. The van der Waals surface area contributed by atoms with E-state index in [1.54, 1.807) is 53.9 Å². The largest absolute Gasteiger partial charge is 0.422 e. The molecule has 0 atom stereocenters. The molecule has 0 radical (unpaired) electrons. The molecule has 8 heteroatoms. The Labute approximate surface area is 173 Å². The summed E-state index contributed by atoms with van der Waals surface area (Å²) >= 11 is 2.61. The Morgan fingerprint density at radius 1 is 1.00 bits per heavy atom. The SMILES string of the molecule is O=C(Nc1ccc(OC(=O)c2csc(-c3ccccc3F)n2)cc1)c1ccsc1. The smallest absolute Gasteiger partial charge is 0.363 e. The Bertz CT molecular complexity index is 1150. The molecular formula is C21H13FN2O3S2. The second-order valence-electron chi connectivity index (χ2n) is 5.90. The molecule has 1 N–H and O–H groups in total. The van der Waals surface area contributed by atoms with Gasteiger partial charge in [0.05, 0.1) is 5.56 Å². The number of nitrogens with zero attached hydrogens (tertiary/aromatic N) is 1. The Morgan fingerprint density at radius 3 is 2.52 bits per heavy atom. The highest BCUT2D eigenvalue weighted by molar-refractivity contribution is 7.13. The summed E-state index contributed by atoms with van der Waals surface area (Å²) < 4.78 is 19.2. The third kappa shape index (κ3) is 4.39. The molecule has 4 rings (SSSR count). The minimum absolute atomic E-state index is 0.100. The van der Waals surface area contributed by atoms with Crippen molar-refractivity contribution in [1.82, 2.24) is 4.98 Å². The lowest BCUT2D eigenvalue weighted by molar-refractivity contribution is 0.0729. The van der Waals surface area contributed by atoms with E-state index >= 15 is 0 Å². The van der Waals surface area contributed by atoms with Crippen LogP contribution in [0.1, 0.15) is 20.8 Å². The van der Waals surface area contributed by atoms with Crippen molar-refractivity contribution in [2.45, 2.75) is 0 Å². The van der Waals surface area contributed by atoms with Crippen LogP contribution in [0.15, 0.2) is 70.7 Å². The molecule has 0 spiro atoms. The third-order valence-corrected chi connectivity index (χ3v) is 5.48. The van der Waals surface area contributed by atoms with Crippen LogP contribution in [0, 0.1) is 5.82 Å². The molecule has 0 fully saturated rings. The summed E-state index contributed by atoms with van der Waals surface area (Å²) in [5, 5.41) is 8.28. The van der Waals surface area contributed by atoms with E-state index in [1.165, 1.54) is 34.1 Å². The molecule has 1 amide bonds. The number of hydrogen-bond acceptors (Lipinski definition) is 6. The summed E-state index contributed by atoms with van der Waals surface area (Å²) in [5.74, 6) is -0.941. The van der Waals surface area contributed by atoms with Gasteiger partial charge in [0.2, 0.25) is 0 Å². The van der Waals surface area contributed by atoms with Crippen LogP contribution in [0.4, 0.5) is 10.1 Å². The van der Waals surface area contributed by atoms with Gasteiger partial charge >= 0.3 is 5.97 Å². The predicted molar refractivity (Wildman–Crippen MR) is 111 cm³/mol. The summed E-state index contributed by atoms with van der Waals surface area (Å²) in [7, 11) is 0. The number of benzene rings is 2. The van der Waals surface area contributed by atoms with Gasteiger partial charge in [-0.3, -0.25) is 4.79 Å². The monoisotopic (exact) mass is 424 g/mol. The lowest BCUT2D eigenvalue weighted by atomic mass is 10.2. The molecule has 0 unspecified atom stereocenters. The Balaban J connectivity index is 1.41. The van der Waals surface area contributed by atoms with Gasteiger partial charge in [-0.25, -0.2) is 14.2 Å². The van der Waals surface area contributed by atoms with E-state index in [9.17, 15) is 14.0 Å². The molecule has 4 aromatic rings. The van der Waals surface area contributed by atoms with Crippen molar-refractivity contribution in [3.63, 3.8) is 0 Å². The molecule has 2 aromatic heterocycles. The topological polar surface area (TPSA) is 68.3 Å². The maximum absolute atomic E-state index is 13.9. The van der Waals surface area contributed by atoms with Crippen molar-refractivity contribution in [1.29, 1.82) is 0 Å². The lowest BCUT2D eigenvalue weighted by Crippen LogP contribution is -2.11. The molecule has 2 aromatic carbocycles. The van der Waals surface area contributed by atoms with Crippen LogP contribution in [-0.2, 0) is 0 Å². The highest BCUT2D eigenvalue weighted by Gasteiger charge is 2.16. The third-order valence-electron chi connectivity index (χ3n) is 3.92. The Kier molecular flexibility index (Phi) is 5.46. The minimum Gasteiger partial charge on any atom is -0.422 e. The van der Waals surface area contributed by atoms with E-state index in [4.69, 9.17) is 4.74 Å². The van der Waals surface area contributed by atoms with Crippen LogP contribution in [0.25, 0.3) is 10.6 Å². The number of aromatic nitrogens is 1. The van der Waals surface area contributed by atoms with Crippen LogP contribution in [0.2, 0.25) is 0 Å². The molecule has 0 aliphatic carbocycles. The number of thiazole rings is 1. The molecule has 0 saturated carbocycles. The highest BCUT2D eigenvalue weighted by atomic mass is 32.1. The second kappa shape index (κ2) is 8.34. The van der Waals surface area contributed by atoms with Crippen molar-refractivity contribution < 1.29 is 18.7 Å². The molecule has 29 heavy (non-hydrogen) atoms. The van der Waals surface area contributed by atoms with Crippen LogP contribution in [0.5, 0.6) is 5.75 Å². The average Bonchev–Trinajstić information content (AvgIpc) is 3.42. The second-order valence-corrected chi connectivity index (χ2v) is 7.54. The van der Waals surface area contributed by atoms with E-state index in [0.29, 0.717) is 27.6 Å². The van der Waals surface area contributed by atoms with Gasteiger partial charge in [-0.15, -0.1) is 11.3 Å². The van der Waals surface area contributed by atoms with E-state index < -0.39 is 11.8 Å².